The molecule has 114 valence electrons. The Kier molecular flexibility index (Phi) is 5.48. The molecule has 1 unspecified atom stereocenters. The first-order valence-electron chi connectivity index (χ1n) is 7.38. The summed E-state index contributed by atoms with van der Waals surface area (Å²) in [5.41, 5.74) is 1.86. The molecule has 0 fully saturated rings. The van der Waals surface area contributed by atoms with E-state index in [0.29, 0.717) is 6.04 Å². The van der Waals surface area contributed by atoms with E-state index in [4.69, 9.17) is 0 Å². The Morgan fingerprint density at radius 2 is 1.95 bits per heavy atom. The number of nitrogens with one attached hydrogen (secondary N) is 1. The fourth-order valence-electron chi connectivity index (χ4n) is 2.31. The first-order valence-corrected chi connectivity index (χ1v) is 8.19. The number of rotatable bonds is 6. The van der Waals surface area contributed by atoms with E-state index in [1.807, 2.05) is 19.1 Å². The third-order valence-corrected chi connectivity index (χ3v) is 4.71. The van der Waals surface area contributed by atoms with Gasteiger partial charge in [0.15, 0.2) is 0 Å². The van der Waals surface area contributed by atoms with Crippen molar-refractivity contribution in [2.75, 3.05) is 6.54 Å². The average Bonchev–Trinajstić information content (AvgIpc) is 2.74. The standard InChI is InChI=1S/C17H23FN2S/c1-11(2)19-10-14(15-7-5-6-8-16(15)18)9-17-20-12(3)13(4)21-17/h5-8,11,14,19H,9-10H2,1-4H3. The first-order chi connectivity index (χ1) is 9.97. The number of aryl methyl sites for hydroxylation is 2. The van der Waals surface area contributed by atoms with Crippen LogP contribution >= 0.6 is 11.3 Å². The van der Waals surface area contributed by atoms with Crippen LogP contribution in [0.5, 0.6) is 0 Å². The molecular weight excluding hydrogens is 283 g/mol. The summed E-state index contributed by atoms with van der Waals surface area (Å²) in [6.45, 7) is 9.09. The van der Waals surface area contributed by atoms with Crippen molar-refractivity contribution in [2.24, 2.45) is 0 Å². The SMILES string of the molecule is Cc1nc(CC(CNC(C)C)c2ccccc2F)sc1C. The van der Waals surface area contributed by atoms with E-state index in [-0.39, 0.29) is 11.7 Å². The first kappa shape index (κ1) is 16.1. The largest absolute Gasteiger partial charge is 0.314 e. The number of benzene rings is 1. The lowest BCUT2D eigenvalue weighted by atomic mass is 9.95. The number of nitrogens with zero attached hydrogens (tertiary/aromatic N) is 1. The van der Waals surface area contributed by atoms with Crippen LogP contribution in [0.2, 0.25) is 0 Å². The van der Waals surface area contributed by atoms with Crippen LogP contribution in [0.25, 0.3) is 0 Å². The zero-order chi connectivity index (χ0) is 15.4. The second kappa shape index (κ2) is 7.14. The summed E-state index contributed by atoms with van der Waals surface area (Å²) in [6.07, 6.45) is 0.778. The molecular formula is C17H23FN2S. The monoisotopic (exact) mass is 306 g/mol. The van der Waals surface area contributed by atoms with Crippen LogP contribution in [0.3, 0.4) is 0 Å². The number of aromatic nitrogens is 1. The fourth-order valence-corrected chi connectivity index (χ4v) is 3.33. The van der Waals surface area contributed by atoms with Gasteiger partial charge in [-0.2, -0.15) is 0 Å². The van der Waals surface area contributed by atoms with Crippen molar-refractivity contribution < 1.29 is 4.39 Å². The molecule has 1 aromatic heterocycles. The summed E-state index contributed by atoms with van der Waals surface area (Å²) in [6, 6.07) is 7.45. The Bertz CT molecular complexity index is 573. The zero-order valence-corrected chi connectivity index (χ0v) is 13.9. The molecule has 1 atom stereocenters. The van der Waals surface area contributed by atoms with Gasteiger partial charge in [-0.25, -0.2) is 9.37 Å². The third kappa shape index (κ3) is 4.35. The van der Waals surface area contributed by atoms with Gasteiger partial charge in [0.25, 0.3) is 0 Å². The molecule has 21 heavy (non-hydrogen) atoms. The van der Waals surface area contributed by atoms with Gasteiger partial charge in [-0.1, -0.05) is 32.0 Å². The normalized spacial score (nSPS) is 12.9. The number of hydrogen-bond donors (Lipinski definition) is 1. The van der Waals surface area contributed by atoms with Crippen LogP contribution < -0.4 is 5.32 Å². The molecule has 0 saturated heterocycles. The van der Waals surface area contributed by atoms with E-state index in [9.17, 15) is 4.39 Å². The van der Waals surface area contributed by atoms with Gasteiger partial charge in [0.2, 0.25) is 0 Å². The lowest BCUT2D eigenvalue weighted by Crippen LogP contribution is -2.29. The van der Waals surface area contributed by atoms with Gasteiger partial charge in [-0.3, -0.25) is 0 Å². The highest BCUT2D eigenvalue weighted by Crippen LogP contribution is 2.26. The summed E-state index contributed by atoms with van der Waals surface area (Å²) in [4.78, 5) is 5.85. The summed E-state index contributed by atoms with van der Waals surface area (Å²) in [7, 11) is 0. The molecule has 1 N–H and O–H groups in total. The van der Waals surface area contributed by atoms with Crippen LogP contribution in [0.4, 0.5) is 4.39 Å². The van der Waals surface area contributed by atoms with Gasteiger partial charge in [-0.15, -0.1) is 11.3 Å². The minimum atomic E-state index is -0.127. The van der Waals surface area contributed by atoms with Crippen LogP contribution in [0.15, 0.2) is 24.3 Å². The van der Waals surface area contributed by atoms with Crippen molar-refractivity contribution in [3.63, 3.8) is 0 Å². The van der Waals surface area contributed by atoms with Crippen molar-refractivity contribution in [1.29, 1.82) is 0 Å². The van der Waals surface area contributed by atoms with Gasteiger partial charge >= 0.3 is 0 Å². The quantitative estimate of drug-likeness (QED) is 0.864. The Morgan fingerprint density at radius 1 is 1.24 bits per heavy atom. The van der Waals surface area contributed by atoms with Crippen LogP contribution in [0.1, 0.15) is 40.9 Å². The predicted molar refractivity (Wildman–Crippen MR) is 87.6 cm³/mol. The average molecular weight is 306 g/mol. The Balaban J connectivity index is 2.21. The lowest BCUT2D eigenvalue weighted by Gasteiger charge is -2.19. The molecule has 2 rings (SSSR count). The minimum Gasteiger partial charge on any atom is -0.314 e. The molecule has 2 aromatic rings. The van der Waals surface area contributed by atoms with E-state index in [0.717, 1.165) is 29.2 Å². The van der Waals surface area contributed by atoms with Gasteiger partial charge in [-0.05, 0) is 25.5 Å². The van der Waals surface area contributed by atoms with Crippen molar-refractivity contribution in [2.45, 2.75) is 46.1 Å². The second-order valence-electron chi connectivity index (χ2n) is 5.73. The molecule has 0 aliphatic heterocycles. The van der Waals surface area contributed by atoms with Gasteiger partial charge in [0.05, 0.1) is 10.7 Å². The lowest BCUT2D eigenvalue weighted by molar-refractivity contribution is 0.505. The summed E-state index contributed by atoms with van der Waals surface area (Å²) in [5, 5.41) is 4.51. The highest BCUT2D eigenvalue weighted by Gasteiger charge is 2.18. The molecule has 1 aromatic carbocycles. The van der Waals surface area contributed by atoms with E-state index in [1.54, 1.807) is 17.4 Å². The van der Waals surface area contributed by atoms with Gasteiger partial charge < -0.3 is 5.32 Å². The van der Waals surface area contributed by atoms with Gasteiger partial charge in [0, 0.05) is 29.8 Å². The molecule has 1 heterocycles. The Morgan fingerprint density at radius 3 is 2.52 bits per heavy atom. The van der Waals surface area contributed by atoms with E-state index in [2.05, 4.69) is 31.1 Å². The smallest absolute Gasteiger partial charge is 0.126 e. The molecule has 0 radical (unpaired) electrons. The van der Waals surface area contributed by atoms with Crippen molar-refractivity contribution >= 4 is 11.3 Å². The van der Waals surface area contributed by atoms with Crippen LogP contribution in [-0.4, -0.2) is 17.6 Å². The molecule has 0 bridgehead atoms. The van der Waals surface area contributed by atoms with Crippen molar-refractivity contribution in [1.82, 2.24) is 10.3 Å². The maximum absolute atomic E-state index is 14.1. The maximum atomic E-state index is 14.1. The zero-order valence-electron chi connectivity index (χ0n) is 13.1. The molecule has 2 nitrogen and oxygen atoms in total. The predicted octanol–water partition coefficient (Wildman–Crippen LogP) is 4.22. The molecule has 0 aliphatic carbocycles. The minimum absolute atomic E-state index is 0.110. The Hall–Kier alpha value is -1.26. The topological polar surface area (TPSA) is 24.9 Å². The molecule has 0 aliphatic rings. The van der Waals surface area contributed by atoms with Crippen molar-refractivity contribution in [3.05, 3.63) is 51.2 Å². The molecule has 0 amide bonds. The van der Waals surface area contributed by atoms with E-state index < -0.39 is 0 Å². The number of halogens is 1. The Labute approximate surface area is 130 Å². The van der Waals surface area contributed by atoms with Crippen LogP contribution in [0, 0.1) is 19.7 Å². The third-order valence-electron chi connectivity index (χ3n) is 3.61. The number of thiazole rings is 1. The highest BCUT2D eigenvalue weighted by molar-refractivity contribution is 7.11. The molecule has 4 heteroatoms. The molecule has 0 spiro atoms. The van der Waals surface area contributed by atoms with E-state index in [1.165, 1.54) is 10.9 Å². The fraction of sp³-hybridized carbons (Fsp3) is 0.471. The second-order valence-corrected chi connectivity index (χ2v) is 7.02. The van der Waals surface area contributed by atoms with Gasteiger partial charge in [0.1, 0.15) is 5.82 Å². The van der Waals surface area contributed by atoms with E-state index >= 15 is 0 Å². The number of hydrogen-bond acceptors (Lipinski definition) is 3. The van der Waals surface area contributed by atoms with Crippen molar-refractivity contribution in [3.8, 4) is 0 Å². The highest BCUT2D eigenvalue weighted by atomic mass is 32.1. The van der Waals surface area contributed by atoms with Crippen LogP contribution in [-0.2, 0) is 6.42 Å². The maximum Gasteiger partial charge on any atom is 0.126 e. The summed E-state index contributed by atoms with van der Waals surface area (Å²) >= 11 is 1.72. The molecule has 0 saturated carbocycles. The summed E-state index contributed by atoms with van der Waals surface area (Å²) < 4.78 is 14.1. The summed E-state index contributed by atoms with van der Waals surface area (Å²) in [5.74, 6) is -0.0170.